The molecule has 0 radical (unpaired) electrons. The second-order valence-electron chi connectivity index (χ2n) is 12.1. The molecule has 0 saturated heterocycles. The van der Waals surface area contributed by atoms with Gasteiger partial charge in [0.2, 0.25) is 0 Å². The molecule has 4 aliphatic carbocycles. The number of fused-ring (bicyclic) bond motifs is 5. The molecule has 3 saturated carbocycles. The maximum atomic E-state index is 12.0. The van der Waals surface area contributed by atoms with Crippen LogP contribution in [0.4, 0.5) is 0 Å². The van der Waals surface area contributed by atoms with E-state index in [1.54, 1.807) is 0 Å². The number of hydrogen-bond donors (Lipinski definition) is 0. The first-order valence-corrected chi connectivity index (χ1v) is 12.5. The molecule has 3 fully saturated rings. The number of carbonyl (C=O) groups excluding carboxylic acids is 1. The van der Waals surface area contributed by atoms with Crippen LogP contribution in [0.1, 0.15) is 98.8 Å². The van der Waals surface area contributed by atoms with E-state index in [0.717, 1.165) is 41.9 Å². The molecule has 0 aromatic carbocycles. The lowest BCUT2D eigenvalue weighted by Crippen LogP contribution is -2.52. The van der Waals surface area contributed by atoms with Crippen molar-refractivity contribution in [3.63, 3.8) is 0 Å². The minimum atomic E-state index is 0.291. The summed E-state index contributed by atoms with van der Waals surface area (Å²) >= 11 is 0. The molecule has 0 aromatic rings. The van der Waals surface area contributed by atoms with E-state index in [0.29, 0.717) is 22.5 Å². The fraction of sp³-hybridized carbons (Fsp3) is 0.889. The van der Waals surface area contributed by atoms with E-state index < -0.39 is 0 Å². The van der Waals surface area contributed by atoms with Crippen LogP contribution in [0.15, 0.2) is 12.2 Å². The smallest absolute Gasteiger partial charge is 0.155 e. The molecule has 0 N–H and O–H groups in total. The Morgan fingerprint density at radius 3 is 2.54 bits per heavy atom. The Morgan fingerprint density at radius 1 is 1.00 bits per heavy atom. The van der Waals surface area contributed by atoms with Crippen LogP contribution in [0.3, 0.4) is 0 Å². The van der Waals surface area contributed by atoms with Crippen molar-refractivity contribution in [2.75, 3.05) is 0 Å². The Labute approximate surface area is 174 Å². The molecule has 0 amide bonds. The lowest BCUT2D eigenvalue weighted by atomic mass is 9.45. The Bertz CT molecular complexity index is 618. The van der Waals surface area contributed by atoms with Crippen LogP contribution in [-0.4, -0.2) is 5.78 Å². The molecular formula is C27H44O. The summed E-state index contributed by atoms with van der Waals surface area (Å²) in [7, 11) is 0. The molecule has 0 spiro atoms. The van der Waals surface area contributed by atoms with E-state index >= 15 is 0 Å². The van der Waals surface area contributed by atoms with Crippen molar-refractivity contribution in [3.05, 3.63) is 12.2 Å². The largest absolute Gasteiger partial charge is 0.295 e. The first-order valence-electron chi connectivity index (χ1n) is 12.5. The van der Waals surface area contributed by atoms with Crippen LogP contribution in [0, 0.1) is 52.3 Å². The Hall–Kier alpha value is -0.590. The highest BCUT2D eigenvalue weighted by Crippen LogP contribution is 2.67. The summed E-state index contributed by atoms with van der Waals surface area (Å²) in [6.45, 7) is 12.5. The van der Waals surface area contributed by atoms with Crippen LogP contribution < -0.4 is 0 Å². The molecular weight excluding hydrogens is 340 g/mol. The van der Waals surface area contributed by atoms with Gasteiger partial charge < -0.3 is 0 Å². The minimum absolute atomic E-state index is 0.291. The Balaban J connectivity index is 1.49. The van der Waals surface area contributed by atoms with Crippen LogP contribution in [0.25, 0.3) is 0 Å². The summed E-state index contributed by atoms with van der Waals surface area (Å²) in [4.78, 5) is 12.0. The van der Waals surface area contributed by atoms with E-state index in [9.17, 15) is 4.79 Å². The van der Waals surface area contributed by atoms with Gasteiger partial charge in [0, 0.05) is 6.42 Å². The highest BCUT2D eigenvalue weighted by Gasteiger charge is 2.59. The fourth-order valence-corrected chi connectivity index (χ4v) is 8.66. The summed E-state index contributed by atoms with van der Waals surface area (Å²) in [6, 6.07) is 0. The predicted octanol–water partition coefficient (Wildman–Crippen LogP) is 7.45. The van der Waals surface area contributed by atoms with Gasteiger partial charge in [-0.1, -0.05) is 60.0 Å². The van der Waals surface area contributed by atoms with Gasteiger partial charge in [0.15, 0.2) is 5.78 Å². The highest BCUT2D eigenvalue weighted by atomic mass is 16.1. The summed E-state index contributed by atoms with van der Waals surface area (Å²) < 4.78 is 0. The molecule has 4 rings (SSSR count). The van der Waals surface area contributed by atoms with Gasteiger partial charge in [0.05, 0.1) is 0 Å². The molecule has 0 bridgehead atoms. The molecule has 1 heteroatoms. The third-order valence-electron chi connectivity index (χ3n) is 10.2. The number of allylic oxidation sites excluding steroid dienone is 2. The quantitative estimate of drug-likeness (QED) is 0.481. The number of rotatable bonds is 5. The average molecular weight is 385 g/mol. The van der Waals surface area contributed by atoms with Crippen molar-refractivity contribution >= 4 is 5.78 Å². The maximum absolute atomic E-state index is 12.0. The van der Waals surface area contributed by atoms with Gasteiger partial charge in [-0.2, -0.15) is 0 Å². The fourth-order valence-electron chi connectivity index (χ4n) is 8.66. The van der Waals surface area contributed by atoms with Gasteiger partial charge in [-0.3, -0.25) is 4.79 Å². The van der Waals surface area contributed by atoms with E-state index in [-0.39, 0.29) is 0 Å². The minimum Gasteiger partial charge on any atom is -0.295 e. The third kappa shape index (κ3) is 3.33. The standard InChI is InChI=1S/C27H44O/c1-18(2)7-6-8-19(3)23-11-12-24-22-10-9-20-17-21(28)13-15-26(20,4)25(22)14-16-27(23,24)5/h13,15,18-20,22-25H,6-12,14,16-17H2,1-5H3/t19?,20-,22-,23+,24-,25-,26-,27+/m0/s1. The van der Waals surface area contributed by atoms with Crippen LogP contribution in [0.5, 0.6) is 0 Å². The van der Waals surface area contributed by atoms with Crippen LogP contribution >= 0.6 is 0 Å². The van der Waals surface area contributed by atoms with Gasteiger partial charge in [0.1, 0.15) is 0 Å². The molecule has 1 nitrogen and oxygen atoms in total. The van der Waals surface area contributed by atoms with Crippen molar-refractivity contribution in [2.24, 2.45) is 52.3 Å². The van der Waals surface area contributed by atoms with E-state index in [1.807, 2.05) is 6.08 Å². The van der Waals surface area contributed by atoms with Gasteiger partial charge in [-0.15, -0.1) is 0 Å². The second kappa shape index (κ2) is 7.59. The normalized spacial score (nSPS) is 46.2. The van der Waals surface area contributed by atoms with Crippen molar-refractivity contribution < 1.29 is 4.79 Å². The van der Waals surface area contributed by atoms with E-state index in [2.05, 4.69) is 40.7 Å². The molecule has 0 aliphatic heterocycles. The van der Waals surface area contributed by atoms with Crippen molar-refractivity contribution in [3.8, 4) is 0 Å². The topological polar surface area (TPSA) is 17.1 Å². The van der Waals surface area contributed by atoms with Gasteiger partial charge in [-0.05, 0) is 96.9 Å². The highest BCUT2D eigenvalue weighted by molar-refractivity contribution is 5.91. The van der Waals surface area contributed by atoms with Crippen molar-refractivity contribution in [2.45, 2.75) is 98.8 Å². The third-order valence-corrected chi connectivity index (χ3v) is 10.2. The molecule has 1 unspecified atom stereocenters. The van der Waals surface area contributed by atoms with Gasteiger partial charge in [0.25, 0.3) is 0 Å². The Morgan fingerprint density at radius 2 is 1.79 bits per heavy atom. The summed E-state index contributed by atoms with van der Waals surface area (Å²) in [5.74, 6) is 6.34. The van der Waals surface area contributed by atoms with Gasteiger partial charge in [-0.25, -0.2) is 0 Å². The van der Waals surface area contributed by atoms with Crippen LogP contribution in [0.2, 0.25) is 0 Å². The molecule has 28 heavy (non-hydrogen) atoms. The molecule has 4 aliphatic rings. The monoisotopic (exact) mass is 384 g/mol. The summed E-state index contributed by atoms with van der Waals surface area (Å²) in [6.07, 6.45) is 17.8. The first kappa shape index (κ1) is 20.7. The second-order valence-corrected chi connectivity index (χ2v) is 12.1. The zero-order chi connectivity index (χ0) is 20.1. The number of carbonyl (C=O) groups is 1. The lowest BCUT2D eigenvalue weighted by molar-refractivity contribution is -0.122. The first-order chi connectivity index (χ1) is 13.3. The molecule has 0 aromatic heterocycles. The zero-order valence-corrected chi connectivity index (χ0v) is 19.2. The summed E-state index contributed by atoms with van der Waals surface area (Å²) in [5.41, 5.74) is 0.870. The molecule has 8 atom stereocenters. The predicted molar refractivity (Wildman–Crippen MR) is 118 cm³/mol. The zero-order valence-electron chi connectivity index (χ0n) is 19.2. The average Bonchev–Trinajstić information content (AvgIpc) is 2.99. The maximum Gasteiger partial charge on any atom is 0.155 e. The molecule has 158 valence electrons. The van der Waals surface area contributed by atoms with Crippen LogP contribution in [-0.2, 0) is 4.79 Å². The van der Waals surface area contributed by atoms with Crippen molar-refractivity contribution in [1.29, 1.82) is 0 Å². The molecule has 0 heterocycles. The van der Waals surface area contributed by atoms with Crippen molar-refractivity contribution in [1.82, 2.24) is 0 Å². The summed E-state index contributed by atoms with van der Waals surface area (Å²) in [5, 5.41) is 0. The number of hydrogen-bond acceptors (Lipinski definition) is 1. The van der Waals surface area contributed by atoms with E-state index in [1.165, 1.54) is 57.8 Å². The number of ketones is 1. The van der Waals surface area contributed by atoms with Gasteiger partial charge >= 0.3 is 0 Å². The SMILES string of the molecule is CC(C)CCCC(C)[C@H]1CC[C@H]2[C@@H]3CC[C@H]4CC(=O)C=C[C@]4(C)[C@H]3CC[C@]12C. The van der Waals surface area contributed by atoms with E-state index in [4.69, 9.17) is 0 Å². The lowest BCUT2D eigenvalue weighted by Gasteiger charge is -2.59. The Kier molecular flexibility index (Phi) is 5.60.